The van der Waals surface area contributed by atoms with Gasteiger partial charge in [-0.05, 0) is 25.3 Å². The van der Waals surface area contributed by atoms with Crippen LogP contribution in [-0.2, 0) is 11.2 Å². The number of aromatic nitrogens is 2. The average molecular weight is 363 g/mol. The highest BCUT2D eigenvalue weighted by Gasteiger charge is 2.10. The summed E-state index contributed by atoms with van der Waals surface area (Å²) in [4.78, 5) is 12.0. The lowest BCUT2D eigenvalue weighted by Gasteiger charge is -2.13. The summed E-state index contributed by atoms with van der Waals surface area (Å²) in [6, 6.07) is 10.5. The van der Waals surface area contributed by atoms with Gasteiger partial charge in [0.15, 0.2) is 4.34 Å². The fraction of sp³-hybridized carbons (Fsp3) is 0.353. The molecule has 1 aromatic carbocycles. The van der Waals surface area contributed by atoms with E-state index in [0.29, 0.717) is 12.3 Å². The van der Waals surface area contributed by atoms with Gasteiger partial charge >= 0.3 is 0 Å². The van der Waals surface area contributed by atoms with Crippen molar-refractivity contribution in [3.05, 3.63) is 48.6 Å². The molecule has 0 aliphatic heterocycles. The summed E-state index contributed by atoms with van der Waals surface area (Å²) in [5.41, 5.74) is 1.29. The minimum absolute atomic E-state index is 0.0244. The van der Waals surface area contributed by atoms with Crippen molar-refractivity contribution in [2.45, 2.75) is 30.1 Å². The maximum absolute atomic E-state index is 12.0. The number of hydrogen-bond acceptors (Lipinski definition) is 6. The number of hydrogen-bond donors (Lipinski definition) is 2. The Bertz CT molecular complexity index is 645. The molecule has 0 aliphatic rings. The van der Waals surface area contributed by atoms with Crippen molar-refractivity contribution in [1.29, 1.82) is 0 Å². The Morgan fingerprint density at radius 3 is 2.92 bits per heavy atom. The van der Waals surface area contributed by atoms with Crippen LogP contribution >= 0.6 is 23.1 Å². The van der Waals surface area contributed by atoms with E-state index in [0.717, 1.165) is 22.3 Å². The molecule has 0 spiro atoms. The maximum Gasteiger partial charge on any atom is 0.230 e. The van der Waals surface area contributed by atoms with Gasteiger partial charge in [0.25, 0.3) is 0 Å². The third-order valence-corrected chi connectivity index (χ3v) is 5.26. The highest BCUT2D eigenvalue weighted by Crippen LogP contribution is 2.25. The Morgan fingerprint density at radius 2 is 2.17 bits per heavy atom. The van der Waals surface area contributed by atoms with Gasteiger partial charge in [0.1, 0.15) is 0 Å². The molecular formula is C17H22N4OS2. The number of anilines is 1. The van der Waals surface area contributed by atoms with Gasteiger partial charge in [0, 0.05) is 12.6 Å². The quantitative estimate of drug-likeness (QED) is 0.501. The van der Waals surface area contributed by atoms with Gasteiger partial charge in [0.05, 0.1) is 5.75 Å². The second-order valence-corrected chi connectivity index (χ2v) is 7.52. The first-order chi connectivity index (χ1) is 11.7. The zero-order chi connectivity index (χ0) is 17.2. The van der Waals surface area contributed by atoms with Crippen LogP contribution in [0.4, 0.5) is 5.13 Å². The standard InChI is InChI=1S/C17H22N4OS2/c1-3-11-18-16-20-21-17(24-16)23-12-15(22)19-13(2)9-10-14-7-5-4-6-8-14/h3-8,13H,1,9-12H2,2H3,(H,18,20)(H,19,22). The number of nitrogens with one attached hydrogen (secondary N) is 2. The normalized spacial score (nSPS) is 11.7. The Labute approximate surface area is 151 Å². The first kappa shape index (κ1) is 18.5. The van der Waals surface area contributed by atoms with Crippen LogP contribution < -0.4 is 10.6 Å². The summed E-state index contributed by atoms with van der Waals surface area (Å²) < 4.78 is 0.786. The number of carbonyl (C=O) groups is 1. The maximum atomic E-state index is 12.0. The van der Waals surface area contributed by atoms with E-state index >= 15 is 0 Å². The molecule has 0 aliphatic carbocycles. The van der Waals surface area contributed by atoms with Crippen LogP contribution in [0.25, 0.3) is 0 Å². The van der Waals surface area contributed by atoms with Crippen LogP contribution in [-0.4, -0.2) is 34.4 Å². The SMILES string of the molecule is C=CCNc1nnc(SCC(=O)NC(C)CCc2ccccc2)s1. The van der Waals surface area contributed by atoms with E-state index in [9.17, 15) is 4.79 Å². The molecule has 128 valence electrons. The Morgan fingerprint density at radius 1 is 1.38 bits per heavy atom. The minimum atomic E-state index is 0.0244. The van der Waals surface area contributed by atoms with Gasteiger partial charge in [0.2, 0.25) is 11.0 Å². The fourth-order valence-electron chi connectivity index (χ4n) is 2.04. The number of thioether (sulfide) groups is 1. The summed E-state index contributed by atoms with van der Waals surface area (Å²) in [7, 11) is 0. The molecule has 24 heavy (non-hydrogen) atoms. The van der Waals surface area contributed by atoms with Crippen molar-refractivity contribution < 1.29 is 4.79 Å². The van der Waals surface area contributed by atoms with Crippen molar-refractivity contribution in [2.75, 3.05) is 17.6 Å². The van der Waals surface area contributed by atoms with Crippen molar-refractivity contribution in [3.8, 4) is 0 Å². The lowest BCUT2D eigenvalue weighted by atomic mass is 10.1. The molecule has 0 radical (unpaired) electrons. The lowest BCUT2D eigenvalue weighted by Crippen LogP contribution is -2.34. The molecule has 1 aromatic heterocycles. The van der Waals surface area contributed by atoms with E-state index in [-0.39, 0.29) is 11.9 Å². The number of benzene rings is 1. The second-order valence-electron chi connectivity index (χ2n) is 5.32. The minimum Gasteiger partial charge on any atom is -0.357 e. The molecule has 1 amide bonds. The predicted molar refractivity (Wildman–Crippen MR) is 102 cm³/mol. The van der Waals surface area contributed by atoms with E-state index in [1.54, 1.807) is 6.08 Å². The molecule has 5 nitrogen and oxygen atoms in total. The summed E-state index contributed by atoms with van der Waals surface area (Å²) >= 11 is 2.85. The molecular weight excluding hydrogens is 340 g/mol. The highest BCUT2D eigenvalue weighted by atomic mass is 32.2. The number of aryl methyl sites for hydroxylation is 1. The molecule has 0 saturated carbocycles. The topological polar surface area (TPSA) is 66.9 Å². The van der Waals surface area contributed by atoms with E-state index in [1.807, 2.05) is 25.1 Å². The third kappa shape index (κ3) is 6.72. The Kier molecular flexibility index (Phi) is 7.77. The van der Waals surface area contributed by atoms with Gasteiger partial charge in [-0.25, -0.2) is 0 Å². The van der Waals surface area contributed by atoms with Crippen molar-refractivity contribution in [3.63, 3.8) is 0 Å². The smallest absolute Gasteiger partial charge is 0.230 e. The average Bonchev–Trinajstić information content (AvgIpc) is 3.05. The molecule has 0 bridgehead atoms. The molecule has 1 atom stereocenters. The zero-order valence-corrected chi connectivity index (χ0v) is 15.3. The Balaban J connectivity index is 1.66. The van der Waals surface area contributed by atoms with Gasteiger partial charge < -0.3 is 10.6 Å². The first-order valence-corrected chi connectivity index (χ1v) is 9.62. The van der Waals surface area contributed by atoms with Crippen molar-refractivity contribution in [1.82, 2.24) is 15.5 Å². The molecule has 0 fully saturated rings. The molecule has 1 unspecified atom stereocenters. The zero-order valence-electron chi connectivity index (χ0n) is 13.7. The monoisotopic (exact) mass is 362 g/mol. The number of amides is 1. The number of rotatable bonds is 10. The Hall–Kier alpha value is -1.86. The van der Waals surface area contributed by atoms with E-state index in [4.69, 9.17) is 0 Å². The molecule has 2 rings (SSSR count). The highest BCUT2D eigenvalue weighted by molar-refractivity contribution is 8.01. The van der Waals surface area contributed by atoms with Gasteiger partial charge in [-0.1, -0.05) is 59.5 Å². The van der Waals surface area contributed by atoms with Crippen LogP contribution in [0, 0.1) is 0 Å². The van der Waals surface area contributed by atoms with Crippen LogP contribution in [0.2, 0.25) is 0 Å². The molecule has 2 N–H and O–H groups in total. The van der Waals surface area contributed by atoms with Gasteiger partial charge in [-0.15, -0.1) is 16.8 Å². The number of carbonyl (C=O) groups excluding carboxylic acids is 1. The van der Waals surface area contributed by atoms with Crippen LogP contribution in [0.5, 0.6) is 0 Å². The summed E-state index contributed by atoms with van der Waals surface area (Å²) in [6.45, 7) is 6.33. The van der Waals surface area contributed by atoms with Crippen molar-refractivity contribution in [2.24, 2.45) is 0 Å². The third-order valence-electron chi connectivity index (χ3n) is 3.25. The lowest BCUT2D eigenvalue weighted by molar-refractivity contribution is -0.119. The summed E-state index contributed by atoms with van der Waals surface area (Å²) in [5.74, 6) is 0.377. The van der Waals surface area contributed by atoms with Gasteiger partial charge in [-0.2, -0.15) is 0 Å². The molecule has 7 heteroatoms. The number of nitrogens with zero attached hydrogens (tertiary/aromatic N) is 2. The molecule has 0 saturated heterocycles. The fourth-order valence-corrected chi connectivity index (χ4v) is 3.61. The molecule has 2 aromatic rings. The molecule has 1 heterocycles. The predicted octanol–water partition coefficient (Wildman–Crippen LogP) is 3.37. The van der Waals surface area contributed by atoms with Crippen LogP contribution in [0.1, 0.15) is 18.9 Å². The second kappa shape index (κ2) is 10.1. The summed E-state index contributed by atoms with van der Waals surface area (Å²) in [5, 5.41) is 14.9. The van der Waals surface area contributed by atoms with Crippen LogP contribution in [0.15, 0.2) is 47.3 Å². The first-order valence-electron chi connectivity index (χ1n) is 7.81. The van der Waals surface area contributed by atoms with E-state index in [2.05, 4.69) is 39.5 Å². The largest absolute Gasteiger partial charge is 0.357 e. The van der Waals surface area contributed by atoms with Crippen LogP contribution in [0.3, 0.4) is 0 Å². The van der Waals surface area contributed by atoms with Gasteiger partial charge in [-0.3, -0.25) is 4.79 Å². The van der Waals surface area contributed by atoms with E-state index in [1.165, 1.54) is 28.7 Å². The van der Waals surface area contributed by atoms with E-state index < -0.39 is 0 Å². The summed E-state index contributed by atoms with van der Waals surface area (Å²) in [6.07, 6.45) is 3.65. The van der Waals surface area contributed by atoms with Crippen molar-refractivity contribution >= 4 is 34.1 Å².